The van der Waals surface area contributed by atoms with Gasteiger partial charge in [0.05, 0.1) is 27.2 Å². The molecule has 0 saturated carbocycles. The Morgan fingerprint density at radius 3 is 1.54 bits per heavy atom. The van der Waals surface area contributed by atoms with Crippen LogP contribution in [0.15, 0.2) is 82.6 Å². The molecule has 1 aliphatic heterocycles. The van der Waals surface area contributed by atoms with E-state index in [4.69, 9.17) is 3.93 Å². The van der Waals surface area contributed by atoms with Crippen LogP contribution in [0.1, 0.15) is 31.8 Å². The van der Waals surface area contributed by atoms with Crippen LogP contribution in [0.5, 0.6) is 0 Å². The van der Waals surface area contributed by atoms with E-state index >= 15 is 0 Å². The van der Waals surface area contributed by atoms with E-state index in [1.165, 1.54) is 48.5 Å². The lowest BCUT2D eigenvalue weighted by Crippen LogP contribution is -2.47. The van der Waals surface area contributed by atoms with Gasteiger partial charge in [-0.1, -0.05) is 47.5 Å². The first-order valence-corrected chi connectivity index (χ1v) is 16.9. The molecule has 0 atom stereocenters. The van der Waals surface area contributed by atoms with Crippen molar-refractivity contribution in [3.05, 3.63) is 95.1 Å². The zero-order chi connectivity index (χ0) is 29.8. The molecule has 0 aromatic heterocycles. The van der Waals surface area contributed by atoms with Crippen molar-refractivity contribution in [3.8, 4) is 0 Å². The Kier molecular flexibility index (Phi) is 9.81. The number of sulfone groups is 2. The number of nitrogens with zero attached hydrogens (tertiary/aromatic N) is 2. The maximum absolute atomic E-state index is 13.7. The number of piperazine rings is 1. The van der Waals surface area contributed by atoms with Gasteiger partial charge < -0.3 is 4.90 Å². The summed E-state index contributed by atoms with van der Waals surface area (Å²) in [4.78, 5) is 28.3. The van der Waals surface area contributed by atoms with Crippen LogP contribution in [-0.2, 0) is 23.6 Å². The van der Waals surface area contributed by atoms with Crippen LogP contribution in [0.3, 0.4) is 0 Å². The number of benzene rings is 3. The number of hydrogen-bond acceptors (Lipinski definition) is 8. The lowest BCUT2D eigenvalue weighted by molar-refractivity contribution is -0.0568. The minimum absolute atomic E-state index is 0.0139. The Balaban J connectivity index is 1.60. The molecule has 1 aliphatic rings. The summed E-state index contributed by atoms with van der Waals surface area (Å²) in [6.07, 6.45) is 0. The van der Waals surface area contributed by atoms with E-state index in [2.05, 4.69) is 16.3 Å². The normalized spacial score (nSPS) is 14.8. The van der Waals surface area contributed by atoms with Gasteiger partial charge >= 0.3 is 0 Å². The van der Waals surface area contributed by atoms with Gasteiger partial charge in [0.15, 0.2) is 25.5 Å². The molecule has 3 aromatic carbocycles. The highest BCUT2D eigenvalue weighted by Crippen LogP contribution is 2.23. The van der Waals surface area contributed by atoms with Crippen molar-refractivity contribution >= 4 is 47.6 Å². The first kappa shape index (κ1) is 31.0. The highest BCUT2D eigenvalue weighted by Gasteiger charge is 2.33. The average Bonchev–Trinajstić information content (AvgIpc) is 2.96. The van der Waals surface area contributed by atoms with Gasteiger partial charge in [0.25, 0.3) is 5.91 Å². The Labute approximate surface area is 249 Å². The summed E-state index contributed by atoms with van der Waals surface area (Å²) in [7, 11) is -7.99. The summed E-state index contributed by atoms with van der Waals surface area (Å²) >= 11 is 2.93. The van der Waals surface area contributed by atoms with Gasteiger partial charge in [0.2, 0.25) is 0 Å². The first-order valence-electron chi connectivity index (χ1n) is 13.0. The lowest BCUT2D eigenvalue weighted by atomic mass is 9.99. The molecular formula is C29H31BrN2O7S2. The lowest BCUT2D eigenvalue weighted by Gasteiger charge is -2.32. The van der Waals surface area contributed by atoms with Crippen LogP contribution in [0.4, 0.5) is 0 Å². The molecule has 1 saturated heterocycles. The second-order valence-corrected chi connectivity index (χ2v) is 14.5. The second-order valence-electron chi connectivity index (χ2n) is 10.1. The third-order valence-electron chi connectivity index (χ3n) is 7.01. The second kappa shape index (κ2) is 13.0. The van der Waals surface area contributed by atoms with Gasteiger partial charge in [-0.05, 0) is 50.2 Å². The van der Waals surface area contributed by atoms with Gasteiger partial charge in [0, 0.05) is 37.3 Å². The molecule has 0 spiro atoms. The number of Topliss-reactive ketones (excluding diaryl/α,β-unsaturated/α-hetero) is 1. The fraction of sp³-hybridized carbons (Fsp3) is 0.310. The van der Waals surface area contributed by atoms with Crippen LogP contribution in [0, 0.1) is 19.8 Å². The molecule has 4 rings (SSSR count). The first-order chi connectivity index (χ1) is 19.4. The Hall–Kier alpha value is -2.90. The molecule has 3 aromatic rings. The number of hydrogen-bond donors (Lipinski definition) is 0. The molecule has 0 N–H and O–H groups in total. The van der Waals surface area contributed by atoms with Gasteiger partial charge in [-0.15, -0.1) is 0 Å². The number of halogens is 1. The van der Waals surface area contributed by atoms with Crippen molar-refractivity contribution in [2.75, 3.05) is 37.7 Å². The van der Waals surface area contributed by atoms with Crippen molar-refractivity contribution in [3.63, 3.8) is 0 Å². The minimum atomic E-state index is -4.00. The predicted molar refractivity (Wildman–Crippen MR) is 158 cm³/mol. The molecule has 0 aliphatic carbocycles. The summed E-state index contributed by atoms with van der Waals surface area (Å²) in [6, 6.07) is 18.3. The van der Waals surface area contributed by atoms with Crippen molar-refractivity contribution in [1.82, 2.24) is 9.96 Å². The standard InChI is InChI=1S/C29H31BrN2O7S2/c1-21-3-11-26(12-4-21)40(35,36)19-25(20-41(37,38)27-13-5-22(2)6-14-27)28(33)23-7-9-24(10-8-23)29(34)31-15-17-32(39-30)18-16-31/h3-14,25H,15-20H2,1-2H3. The summed E-state index contributed by atoms with van der Waals surface area (Å²) in [6.45, 7) is 5.62. The molecule has 1 amide bonds. The van der Waals surface area contributed by atoms with Gasteiger partial charge in [-0.2, -0.15) is 5.06 Å². The molecule has 41 heavy (non-hydrogen) atoms. The number of carbonyl (C=O) groups excluding carboxylic acids is 2. The molecule has 0 unspecified atom stereocenters. The van der Waals surface area contributed by atoms with E-state index in [-0.39, 0.29) is 21.3 Å². The molecule has 1 heterocycles. The fourth-order valence-corrected chi connectivity index (χ4v) is 8.09. The van der Waals surface area contributed by atoms with E-state index in [1.807, 2.05) is 13.8 Å². The highest BCUT2D eigenvalue weighted by atomic mass is 79.9. The highest BCUT2D eigenvalue weighted by molar-refractivity contribution is 9.05. The minimum Gasteiger partial charge on any atom is -0.336 e. The molecule has 0 radical (unpaired) electrons. The van der Waals surface area contributed by atoms with E-state index < -0.39 is 42.9 Å². The topological polar surface area (TPSA) is 118 Å². The molecule has 1 fully saturated rings. The average molecular weight is 664 g/mol. The molecule has 12 heteroatoms. The quantitative estimate of drug-likeness (QED) is 0.299. The Morgan fingerprint density at radius 1 is 0.707 bits per heavy atom. The molecular weight excluding hydrogens is 632 g/mol. The van der Waals surface area contributed by atoms with E-state index in [9.17, 15) is 26.4 Å². The van der Waals surface area contributed by atoms with Crippen molar-refractivity contribution in [1.29, 1.82) is 0 Å². The monoisotopic (exact) mass is 662 g/mol. The number of carbonyl (C=O) groups is 2. The predicted octanol–water partition coefficient (Wildman–Crippen LogP) is 4.05. The SMILES string of the molecule is Cc1ccc(S(=O)(=O)CC(CS(=O)(=O)c2ccc(C)cc2)C(=O)c2ccc(C(=O)N3CCN(OBr)CC3)cc2)cc1. The maximum Gasteiger partial charge on any atom is 0.253 e. The number of amides is 1. The fourth-order valence-electron chi connectivity index (χ4n) is 4.57. The number of hydroxylamine groups is 2. The Morgan fingerprint density at radius 2 is 1.12 bits per heavy atom. The summed E-state index contributed by atoms with van der Waals surface area (Å²) in [5.74, 6) is -3.56. The van der Waals surface area contributed by atoms with Crippen LogP contribution in [0.25, 0.3) is 0 Å². The van der Waals surface area contributed by atoms with Crippen LogP contribution >= 0.6 is 16.3 Å². The third kappa shape index (κ3) is 7.69. The van der Waals surface area contributed by atoms with E-state index in [1.54, 1.807) is 34.2 Å². The summed E-state index contributed by atoms with van der Waals surface area (Å²) in [5, 5.41) is 1.68. The number of aryl methyl sites for hydroxylation is 2. The summed E-state index contributed by atoms with van der Waals surface area (Å²) < 4.78 is 58.2. The third-order valence-corrected chi connectivity index (χ3v) is 11.1. The van der Waals surface area contributed by atoms with Gasteiger partial charge in [0.1, 0.15) is 16.3 Å². The molecule has 0 bridgehead atoms. The number of rotatable bonds is 10. The van der Waals surface area contributed by atoms with Crippen molar-refractivity contribution in [2.24, 2.45) is 5.92 Å². The smallest absolute Gasteiger partial charge is 0.253 e. The van der Waals surface area contributed by atoms with Gasteiger partial charge in [-0.25, -0.2) is 20.8 Å². The van der Waals surface area contributed by atoms with Crippen molar-refractivity contribution in [2.45, 2.75) is 23.6 Å². The van der Waals surface area contributed by atoms with Gasteiger partial charge in [-0.3, -0.25) is 9.59 Å². The van der Waals surface area contributed by atoms with E-state index in [0.29, 0.717) is 31.7 Å². The number of ketones is 1. The molecule has 9 nitrogen and oxygen atoms in total. The zero-order valence-corrected chi connectivity index (χ0v) is 25.9. The maximum atomic E-state index is 13.7. The van der Waals surface area contributed by atoms with Crippen LogP contribution < -0.4 is 0 Å². The summed E-state index contributed by atoms with van der Waals surface area (Å²) in [5.41, 5.74) is 2.23. The van der Waals surface area contributed by atoms with Crippen LogP contribution in [0.2, 0.25) is 0 Å². The zero-order valence-electron chi connectivity index (χ0n) is 22.7. The van der Waals surface area contributed by atoms with E-state index in [0.717, 1.165) is 11.1 Å². The molecule has 218 valence electrons. The Bertz CT molecular complexity index is 1520. The van der Waals surface area contributed by atoms with Crippen LogP contribution in [-0.4, -0.2) is 76.2 Å². The largest absolute Gasteiger partial charge is 0.336 e. The van der Waals surface area contributed by atoms with Crippen molar-refractivity contribution < 1.29 is 30.4 Å².